The number of nitrogens with zero attached hydrogens (tertiary/aromatic N) is 3. The minimum Gasteiger partial charge on any atom is -0.507 e. The molecule has 1 fully saturated rings. The number of amides is 1. The van der Waals surface area contributed by atoms with Crippen molar-refractivity contribution in [3.63, 3.8) is 0 Å². The number of thiophene rings is 1. The van der Waals surface area contributed by atoms with Crippen LogP contribution in [0.5, 0.6) is 5.75 Å². The number of aromatic nitrogens is 2. The number of ketones is 1. The Morgan fingerprint density at radius 2 is 2.03 bits per heavy atom. The summed E-state index contributed by atoms with van der Waals surface area (Å²) in [6.07, 6.45) is 7.57. The maximum absolute atomic E-state index is 13.0. The van der Waals surface area contributed by atoms with E-state index in [1.165, 1.54) is 11.3 Å². The summed E-state index contributed by atoms with van der Waals surface area (Å²) < 4.78 is 7.40. The number of ether oxygens (including phenoxy) is 1. The molecule has 3 heterocycles. The second-order valence-electron chi connectivity index (χ2n) is 7.29. The third-order valence-electron chi connectivity index (χ3n) is 5.22. The molecule has 7 nitrogen and oxygen atoms in total. The van der Waals surface area contributed by atoms with Gasteiger partial charge in [-0.1, -0.05) is 18.7 Å². The number of carbonyl (C=O) groups excluding carboxylic acids is 2. The molecular weight excluding hydrogens is 426 g/mol. The number of aliphatic hydroxyl groups excluding tert-OH is 1. The molecule has 1 aliphatic rings. The van der Waals surface area contributed by atoms with E-state index in [1.54, 1.807) is 47.8 Å². The Balaban J connectivity index is 1.64. The third-order valence-corrected chi connectivity index (χ3v) is 6.15. The zero-order valence-electron chi connectivity index (χ0n) is 17.4. The van der Waals surface area contributed by atoms with Crippen molar-refractivity contribution in [2.45, 2.75) is 19.0 Å². The predicted octanol–water partition coefficient (Wildman–Crippen LogP) is 4.02. The molecule has 0 bridgehead atoms. The maximum Gasteiger partial charge on any atom is 0.295 e. The summed E-state index contributed by atoms with van der Waals surface area (Å²) >= 11 is 1.45. The zero-order chi connectivity index (χ0) is 22.5. The summed E-state index contributed by atoms with van der Waals surface area (Å²) in [5, 5.41) is 12.9. The Labute approximate surface area is 189 Å². The second kappa shape index (κ2) is 9.65. The summed E-state index contributed by atoms with van der Waals surface area (Å²) in [6, 6.07) is 9.90. The Kier molecular flexibility index (Phi) is 6.51. The van der Waals surface area contributed by atoms with E-state index >= 15 is 0 Å². The van der Waals surface area contributed by atoms with Crippen LogP contribution in [0.1, 0.15) is 22.9 Å². The fraction of sp³-hybridized carbons (Fsp3) is 0.208. The van der Waals surface area contributed by atoms with Crippen LogP contribution in [0.15, 0.2) is 78.7 Å². The number of rotatable bonds is 9. The molecule has 32 heavy (non-hydrogen) atoms. The molecule has 1 amide bonds. The Morgan fingerprint density at radius 3 is 2.69 bits per heavy atom. The lowest BCUT2D eigenvalue weighted by atomic mass is 10.00. The van der Waals surface area contributed by atoms with Gasteiger partial charge < -0.3 is 19.3 Å². The van der Waals surface area contributed by atoms with Crippen LogP contribution in [0, 0.1) is 0 Å². The quantitative estimate of drug-likeness (QED) is 0.231. The van der Waals surface area contributed by atoms with Crippen LogP contribution < -0.4 is 4.74 Å². The van der Waals surface area contributed by atoms with Crippen LogP contribution >= 0.6 is 11.3 Å². The molecule has 1 atom stereocenters. The van der Waals surface area contributed by atoms with Crippen molar-refractivity contribution in [1.82, 2.24) is 14.5 Å². The van der Waals surface area contributed by atoms with E-state index in [0.29, 0.717) is 37.4 Å². The fourth-order valence-corrected chi connectivity index (χ4v) is 4.56. The lowest BCUT2D eigenvalue weighted by Crippen LogP contribution is -2.31. The predicted molar refractivity (Wildman–Crippen MR) is 122 cm³/mol. The Hall–Kier alpha value is -3.65. The molecule has 0 radical (unpaired) electrons. The van der Waals surface area contributed by atoms with E-state index in [1.807, 2.05) is 28.3 Å². The lowest BCUT2D eigenvalue weighted by molar-refractivity contribution is -0.139. The second-order valence-corrected chi connectivity index (χ2v) is 8.27. The van der Waals surface area contributed by atoms with Crippen molar-refractivity contribution < 1.29 is 19.4 Å². The van der Waals surface area contributed by atoms with E-state index in [0.717, 1.165) is 4.88 Å². The highest BCUT2D eigenvalue weighted by molar-refractivity contribution is 7.10. The van der Waals surface area contributed by atoms with Gasteiger partial charge >= 0.3 is 0 Å². The van der Waals surface area contributed by atoms with Gasteiger partial charge in [0.2, 0.25) is 0 Å². The number of hydrogen-bond acceptors (Lipinski definition) is 6. The van der Waals surface area contributed by atoms with Crippen molar-refractivity contribution in [2.75, 3.05) is 13.2 Å². The lowest BCUT2D eigenvalue weighted by Gasteiger charge is -2.24. The molecule has 4 rings (SSSR count). The number of benzene rings is 1. The first-order chi connectivity index (χ1) is 15.6. The smallest absolute Gasteiger partial charge is 0.295 e. The van der Waals surface area contributed by atoms with E-state index in [-0.39, 0.29) is 11.3 Å². The first-order valence-electron chi connectivity index (χ1n) is 10.2. The summed E-state index contributed by atoms with van der Waals surface area (Å²) in [5.41, 5.74) is 0.564. The number of aryl methyl sites for hydroxylation is 1. The van der Waals surface area contributed by atoms with Gasteiger partial charge in [0, 0.05) is 35.9 Å². The summed E-state index contributed by atoms with van der Waals surface area (Å²) in [5.74, 6) is -0.831. The first kappa shape index (κ1) is 21.6. The van der Waals surface area contributed by atoms with Crippen LogP contribution in [-0.4, -0.2) is 44.4 Å². The highest BCUT2D eigenvalue weighted by Gasteiger charge is 2.46. The molecule has 0 unspecified atom stereocenters. The minimum absolute atomic E-state index is 0.111. The van der Waals surface area contributed by atoms with Gasteiger partial charge in [-0.05, 0) is 42.1 Å². The topological polar surface area (TPSA) is 84.7 Å². The third kappa shape index (κ3) is 4.36. The number of imidazole rings is 1. The standard InChI is InChI=1S/C24H23N3O4S/c1-2-14-31-18-8-6-17(7-9-18)22(28)20-21(19-5-3-15-32-19)27(24(30)23(20)29)12-4-11-26-13-10-25-16-26/h2-3,5-10,13,15-16,21,28H,1,4,11-12,14H2/t21-/m1/s1. The monoisotopic (exact) mass is 449 g/mol. The van der Waals surface area contributed by atoms with Crippen molar-refractivity contribution in [2.24, 2.45) is 0 Å². The number of hydrogen-bond donors (Lipinski definition) is 1. The van der Waals surface area contributed by atoms with Crippen molar-refractivity contribution in [1.29, 1.82) is 0 Å². The average molecular weight is 450 g/mol. The van der Waals surface area contributed by atoms with Crippen LogP contribution in [0.2, 0.25) is 0 Å². The Morgan fingerprint density at radius 1 is 1.22 bits per heavy atom. The van der Waals surface area contributed by atoms with Crippen LogP contribution in [-0.2, 0) is 16.1 Å². The SMILES string of the molecule is C=CCOc1ccc(C(O)=C2C(=O)C(=O)N(CCCn3ccnc3)[C@@H]2c2cccs2)cc1. The van der Waals surface area contributed by atoms with Gasteiger partial charge in [-0.2, -0.15) is 0 Å². The van der Waals surface area contributed by atoms with Gasteiger partial charge in [-0.25, -0.2) is 4.98 Å². The molecule has 0 spiro atoms. The number of likely N-dealkylation sites (tertiary alicyclic amines) is 1. The molecule has 1 N–H and O–H groups in total. The van der Waals surface area contributed by atoms with Gasteiger partial charge in [0.25, 0.3) is 11.7 Å². The summed E-state index contributed by atoms with van der Waals surface area (Å²) in [6.45, 7) is 5.04. The first-order valence-corrected chi connectivity index (χ1v) is 11.1. The van der Waals surface area contributed by atoms with Crippen LogP contribution in [0.25, 0.3) is 5.76 Å². The molecule has 8 heteroatoms. The molecule has 1 aliphatic heterocycles. The number of Topliss-reactive ketones (excluding diaryl/α,β-unsaturated/α-hetero) is 1. The molecule has 0 saturated carbocycles. The summed E-state index contributed by atoms with van der Waals surface area (Å²) in [7, 11) is 0. The molecule has 0 aliphatic carbocycles. The highest BCUT2D eigenvalue weighted by atomic mass is 32.1. The normalized spacial score (nSPS) is 17.6. The van der Waals surface area contributed by atoms with Crippen molar-refractivity contribution >= 4 is 28.8 Å². The van der Waals surface area contributed by atoms with Gasteiger partial charge in [0.1, 0.15) is 18.1 Å². The highest BCUT2D eigenvalue weighted by Crippen LogP contribution is 2.41. The van der Waals surface area contributed by atoms with E-state index in [4.69, 9.17) is 4.74 Å². The van der Waals surface area contributed by atoms with E-state index in [9.17, 15) is 14.7 Å². The van der Waals surface area contributed by atoms with Crippen LogP contribution in [0.3, 0.4) is 0 Å². The minimum atomic E-state index is -0.671. The largest absolute Gasteiger partial charge is 0.507 e. The van der Waals surface area contributed by atoms with Crippen molar-refractivity contribution in [3.8, 4) is 5.75 Å². The molecule has 1 saturated heterocycles. The van der Waals surface area contributed by atoms with E-state index in [2.05, 4.69) is 11.6 Å². The van der Waals surface area contributed by atoms with Gasteiger partial charge in [0.15, 0.2) is 0 Å². The van der Waals surface area contributed by atoms with Crippen molar-refractivity contribution in [3.05, 3.63) is 89.2 Å². The molecular formula is C24H23N3O4S. The molecule has 2 aromatic heterocycles. The van der Waals surface area contributed by atoms with Gasteiger partial charge in [-0.3, -0.25) is 9.59 Å². The number of carbonyl (C=O) groups is 2. The average Bonchev–Trinajstić information content (AvgIpc) is 3.56. The molecule has 1 aromatic carbocycles. The summed E-state index contributed by atoms with van der Waals surface area (Å²) in [4.78, 5) is 32.3. The molecule has 164 valence electrons. The Bertz CT molecular complexity index is 1120. The zero-order valence-corrected chi connectivity index (χ0v) is 18.2. The number of aliphatic hydroxyl groups is 1. The molecule has 3 aromatic rings. The van der Waals surface area contributed by atoms with Crippen LogP contribution in [0.4, 0.5) is 0 Å². The van der Waals surface area contributed by atoms with E-state index < -0.39 is 17.7 Å². The van der Waals surface area contributed by atoms with Gasteiger partial charge in [-0.15, -0.1) is 11.3 Å². The maximum atomic E-state index is 13.0. The fourth-order valence-electron chi connectivity index (χ4n) is 3.72. The van der Waals surface area contributed by atoms with Gasteiger partial charge in [0.05, 0.1) is 17.9 Å².